The van der Waals surface area contributed by atoms with Crippen molar-refractivity contribution >= 4 is 11.3 Å². The van der Waals surface area contributed by atoms with E-state index in [2.05, 4.69) is 37.7 Å². The molecule has 1 unspecified atom stereocenters. The first-order valence-corrected chi connectivity index (χ1v) is 6.20. The van der Waals surface area contributed by atoms with Gasteiger partial charge in [0.25, 0.3) is 0 Å². The maximum Gasteiger partial charge on any atom is 0.0928 e. The van der Waals surface area contributed by atoms with Crippen LogP contribution in [0.3, 0.4) is 0 Å². The van der Waals surface area contributed by atoms with Gasteiger partial charge in [0.1, 0.15) is 0 Å². The molecule has 0 aliphatic carbocycles. The Kier molecular flexibility index (Phi) is 4.48. The Balaban J connectivity index is 2.68. The van der Waals surface area contributed by atoms with Gasteiger partial charge in [0.05, 0.1) is 10.7 Å². The molecular weight excluding hydrogens is 204 g/mol. The lowest BCUT2D eigenvalue weighted by molar-refractivity contribution is 0.612. The van der Waals surface area contributed by atoms with E-state index < -0.39 is 0 Å². The zero-order chi connectivity index (χ0) is 11.4. The van der Waals surface area contributed by atoms with Crippen molar-refractivity contribution < 1.29 is 0 Å². The van der Waals surface area contributed by atoms with E-state index in [1.165, 1.54) is 21.2 Å². The minimum atomic E-state index is 0.375. The lowest BCUT2D eigenvalue weighted by Crippen LogP contribution is -2.20. The van der Waals surface area contributed by atoms with Crippen LogP contribution in [0.15, 0.2) is 12.2 Å². The van der Waals surface area contributed by atoms with E-state index >= 15 is 0 Å². The second-order valence-corrected chi connectivity index (χ2v) is 5.09. The maximum atomic E-state index is 4.53. The summed E-state index contributed by atoms with van der Waals surface area (Å²) in [5.74, 6) is 0. The van der Waals surface area contributed by atoms with E-state index in [-0.39, 0.29) is 0 Å². The molecule has 0 fully saturated rings. The maximum absolute atomic E-state index is 4.53. The zero-order valence-corrected chi connectivity index (χ0v) is 10.9. The fraction of sp³-hybridized carbons (Fsp3) is 0.583. The highest BCUT2D eigenvalue weighted by Gasteiger charge is 2.12. The van der Waals surface area contributed by atoms with E-state index in [9.17, 15) is 0 Å². The summed E-state index contributed by atoms with van der Waals surface area (Å²) in [5, 5.41) is 4.68. The number of hydrogen-bond donors (Lipinski definition) is 1. The van der Waals surface area contributed by atoms with E-state index in [1.54, 1.807) is 0 Å². The minimum absolute atomic E-state index is 0.375. The highest BCUT2D eigenvalue weighted by molar-refractivity contribution is 7.11. The molecule has 1 N–H and O–H groups in total. The average molecular weight is 224 g/mol. The monoisotopic (exact) mass is 224 g/mol. The number of nitrogens with one attached hydrogen (secondary N) is 1. The lowest BCUT2D eigenvalue weighted by atomic mass is 10.2. The molecule has 15 heavy (non-hydrogen) atoms. The third-order valence-corrected chi connectivity index (χ3v) is 3.77. The van der Waals surface area contributed by atoms with E-state index in [0.29, 0.717) is 6.04 Å². The molecule has 2 nitrogen and oxygen atoms in total. The van der Waals surface area contributed by atoms with Crippen molar-refractivity contribution in [2.45, 2.75) is 40.2 Å². The summed E-state index contributed by atoms with van der Waals surface area (Å²) in [6, 6.07) is 0.375. The molecule has 0 saturated heterocycles. The SMILES string of the molecule is C=C(C)CNC(C)c1sc(CC)nc1C. The Morgan fingerprint density at radius 2 is 2.27 bits per heavy atom. The van der Waals surface area contributed by atoms with Crippen molar-refractivity contribution in [2.24, 2.45) is 0 Å². The molecule has 1 rings (SSSR count). The van der Waals surface area contributed by atoms with Crippen LogP contribution in [0.4, 0.5) is 0 Å². The number of thiazole rings is 1. The summed E-state index contributed by atoms with van der Waals surface area (Å²) in [6.45, 7) is 13.2. The van der Waals surface area contributed by atoms with Crippen molar-refractivity contribution in [2.75, 3.05) is 6.54 Å². The summed E-state index contributed by atoms with van der Waals surface area (Å²) in [7, 11) is 0. The number of nitrogens with zero attached hydrogens (tertiary/aromatic N) is 1. The summed E-state index contributed by atoms with van der Waals surface area (Å²) in [5.41, 5.74) is 2.33. The van der Waals surface area contributed by atoms with Crippen molar-refractivity contribution in [1.29, 1.82) is 0 Å². The normalized spacial score (nSPS) is 12.8. The van der Waals surface area contributed by atoms with Gasteiger partial charge in [0, 0.05) is 17.5 Å². The van der Waals surface area contributed by atoms with Gasteiger partial charge < -0.3 is 5.32 Å². The van der Waals surface area contributed by atoms with Crippen LogP contribution >= 0.6 is 11.3 Å². The molecular formula is C12H20N2S. The summed E-state index contributed by atoms with van der Waals surface area (Å²) < 4.78 is 0. The predicted molar refractivity (Wildman–Crippen MR) is 67.5 cm³/mol. The predicted octanol–water partition coefficient (Wildman–Crippen LogP) is 3.24. The molecule has 1 atom stereocenters. The molecule has 1 aromatic rings. The Morgan fingerprint density at radius 1 is 1.60 bits per heavy atom. The molecule has 0 radical (unpaired) electrons. The quantitative estimate of drug-likeness (QED) is 0.777. The topological polar surface area (TPSA) is 24.9 Å². The average Bonchev–Trinajstić information content (AvgIpc) is 2.56. The van der Waals surface area contributed by atoms with Crippen LogP contribution in [-0.2, 0) is 6.42 Å². The summed E-state index contributed by atoms with van der Waals surface area (Å²) in [4.78, 5) is 5.89. The van der Waals surface area contributed by atoms with Gasteiger partial charge in [0.15, 0.2) is 0 Å². The Hall–Kier alpha value is -0.670. The van der Waals surface area contributed by atoms with Crippen molar-refractivity contribution in [3.8, 4) is 0 Å². The number of rotatable bonds is 5. The van der Waals surface area contributed by atoms with Crippen LogP contribution in [0.2, 0.25) is 0 Å². The molecule has 84 valence electrons. The second kappa shape index (κ2) is 5.42. The van der Waals surface area contributed by atoms with Gasteiger partial charge >= 0.3 is 0 Å². The zero-order valence-electron chi connectivity index (χ0n) is 10.1. The van der Waals surface area contributed by atoms with Crippen LogP contribution < -0.4 is 5.32 Å². The standard InChI is InChI=1S/C12H20N2S/c1-6-11-14-10(5)12(15-11)9(4)13-7-8(2)3/h9,13H,2,6-7H2,1,3-5H3. The smallest absolute Gasteiger partial charge is 0.0928 e. The molecule has 3 heteroatoms. The fourth-order valence-electron chi connectivity index (χ4n) is 1.44. The van der Waals surface area contributed by atoms with E-state index in [1.807, 2.05) is 18.3 Å². The van der Waals surface area contributed by atoms with Crippen LogP contribution in [0, 0.1) is 6.92 Å². The molecule has 0 spiro atoms. The summed E-state index contributed by atoms with van der Waals surface area (Å²) >= 11 is 1.82. The first kappa shape index (κ1) is 12.4. The van der Waals surface area contributed by atoms with Gasteiger partial charge in [-0.25, -0.2) is 4.98 Å². The molecule has 0 saturated carbocycles. The molecule has 1 heterocycles. The van der Waals surface area contributed by atoms with Crippen LogP contribution in [0.5, 0.6) is 0 Å². The minimum Gasteiger partial charge on any atom is -0.306 e. The highest BCUT2D eigenvalue weighted by atomic mass is 32.1. The molecule has 0 aromatic carbocycles. The van der Waals surface area contributed by atoms with Gasteiger partial charge in [-0.15, -0.1) is 11.3 Å². The molecule has 0 aliphatic heterocycles. The van der Waals surface area contributed by atoms with Crippen LogP contribution in [-0.4, -0.2) is 11.5 Å². The van der Waals surface area contributed by atoms with Crippen LogP contribution in [0.1, 0.15) is 42.4 Å². The first-order valence-electron chi connectivity index (χ1n) is 5.38. The van der Waals surface area contributed by atoms with E-state index in [0.717, 1.165) is 13.0 Å². The van der Waals surface area contributed by atoms with Gasteiger partial charge in [-0.3, -0.25) is 0 Å². The molecule has 0 bridgehead atoms. The molecule has 1 aromatic heterocycles. The van der Waals surface area contributed by atoms with Crippen molar-refractivity contribution in [3.63, 3.8) is 0 Å². The Morgan fingerprint density at radius 3 is 2.73 bits per heavy atom. The number of aryl methyl sites for hydroxylation is 2. The fourth-order valence-corrected chi connectivity index (χ4v) is 2.47. The first-order chi connectivity index (χ1) is 7.04. The number of hydrogen-bond acceptors (Lipinski definition) is 3. The second-order valence-electron chi connectivity index (χ2n) is 3.97. The largest absolute Gasteiger partial charge is 0.306 e. The number of aromatic nitrogens is 1. The Labute approximate surface area is 96.4 Å². The van der Waals surface area contributed by atoms with Gasteiger partial charge in [-0.05, 0) is 27.2 Å². The van der Waals surface area contributed by atoms with Gasteiger partial charge in [-0.1, -0.05) is 19.1 Å². The molecule has 0 amide bonds. The van der Waals surface area contributed by atoms with Gasteiger partial charge in [0.2, 0.25) is 0 Å². The highest BCUT2D eigenvalue weighted by Crippen LogP contribution is 2.25. The Bertz CT molecular complexity index is 341. The molecule has 0 aliphatic rings. The van der Waals surface area contributed by atoms with Gasteiger partial charge in [-0.2, -0.15) is 0 Å². The van der Waals surface area contributed by atoms with Crippen LogP contribution in [0.25, 0.3) is 0 Å². The third kappa shape index (κ3) is 3.43. The summed E-state index contributed by atoms with van der Waals surface area (Å²) in [6.07, 6.45) is 1.03. The van der Waals surface area contributed by atoms with Crippen molar-refractivity contribution in [1.82, 2.24) is 10.3 Å². The lowest BCUT2D eigenvalue weighted by Gasteiger charge is -2.12. The third-order valence-electron chi connectivity index (χ3n) is 2.28. The van der Waals surface area contributed by atoms with Crippen molar-refractivity contribution in [3.05, 3.63) is 27.7 Å². The van der Waals surface area contributed by atoms with E-state index in [4.69, 9.17) is 0 Å².